The lowest BCUT2D eigenvalue weighted by Crippen LogP contribution is -2.23. The van der Waals surface area contributed by atoms with Gasteiger partial charge in [0.2, 0.25) is 5.88 Å². The lowest BCUT2D eigenvalue weighted by molar-refractivity contribution is -0.144. The Hall–Kier alpha value is -1.62. The summed E-state index contributed by atoms with van der Waals surface area (Å²) in [4.78, 5) is 15.7. The number of hydrogen-bond acceptors (Lipinski definition) is 5. The van der Waals surface area contributed by atoms with Crippen molar-refractivity contribution in [1.29, 1.82) is 0 Å². The maximum absolute atomic E-state index is 11.6. The van der Waals surface area contributed by atoms with E-state index in [9.17, 15) is 4.79 Å². The Morgan fingerprint density at radius 1 is 1.41 bits per heavy atom. The number of esters is 1. The Balaban J connectivity index is 2.78. The summed E-state index contributed by atoms with van der Waals surface area (Å²) in [6, 6.07) is 3.51. The Bertz CT molecular complexity index is 351. The van der Waals surface area contributed by atoms with Crippen molar-refractivity contribution in [3.05, 3.63) is 23.9 Å². The van der Waals surface area contributed by atoms with Gasteiger partial charge in [-0.1, -0.05) is 6.07 Å². The Kier molecular flexibility index (Phi) is 5.42. The largest absolute Gasteiger partial charge is 0.478 e. The van der Waals surface area contributed by atoms with Gasteiger partial charge in [0.1, 0.15) is 0 Å². The molecule has 0 unspecified atom stereocenters. The molecule has 0 aromatic carbocycles. The molecule has 0 spiro atoms. The molecule has 0 amide bonds. The van der Waals surface area contributed by atoms with Gasteiger partial charge in [-0.2, -0.15) is 0 Å². The zero-order valence-corrected chi connectivity index (χ0v) is 10.2. The average Bonchev–Trinajstić information content (AvgIpc) is 2.33. The normalized spacial score (nSPS) is 11.9. The van der Waals surface area contributed by atoms with Crippen LogP contribution in [0.3, 0.4) is 0 Å². The molecule has 0 saturated carbocycles. The van der Waals surface area contributed by atoms with E-state index in [2.05, 4.69) is 4.98 Å². The van der Waals surface area contributed by atoms with Crippen LogP contribution in [-0.4, -0.2) is 30.7 Å². The van der Waals surface area contributed by atoms with Crippen molar-refractivity contribution in [1.82, 2.24) is 4.98 Å². The quantitative estimate of drug-likeness (QED) is 0.751. The van der Waals surface area contributed by atoms with Gasteiger partial charge in [-0.05, 0) is 19.4 Å². The lowest BCUT2D eigenvalue weighted by Gasteiger charge is -2.13. The van der Waals surface area contributed by atoms with Crippen LogP contribution in [0.2, 0.25) is 0 Å². The fourth-order valence-corrected chi connectivity index (χ4v) is 1.44. The highest BCUT2D eigenvalue weighted by Crippen LogP contribution is 2.17. The molecule has 5 heteroatoms. The first kappa shape index (κ1) is 13.4. The topological polar surface area (TPSA) is 74.4 Å². The SMILES string of the molecule is CCOC(=O)[C@H](CN)c1ccc(OCC)nc1. The number of ether oxygens (including phenoxy) is 2. The molecule has 0 aliphatic heterocycles. The van der Waals surface area contributed by atoms with Crippen molar-refractivity contribution < 1.29 is 14.3 Å². The van der Waals surface area contributed by atoms with Crippen molar-refractivity contribution in [2.24, 2.45) is 5.73 Å². The van der Waals surface area contributed by atoms with Crippen molar-refractivity contribution >= 4 is 5.97 Å². The average molecular weight is 238 g/mol. The Morgan fingerprint density at radius 3 is 2.65 bits per heavy atom. The van der Waals surface area contributed by atoms with E-state index in [0.29, 0.717) is 19.1 Å². The molecule has 1 aromatic rings. The molecule has 1 rings (SSSR count). The minimum absolute atomic E-state index is 0.203. The van der Waals surface area contributed by atoms with E-state index in [1.165, 1.54) is 0 Å². The van der Waals surface area contributed by atoms with Gasteiger partial charge in [0, 0.05) is 18.8 Å². The summed E-state index contributed by atoms with van der Waals surface area (Å²) in [5.41, 5.74) is 6.32. The number of nitrogens with two attached hydrogens (primary N) is 1. The molecule has 0 aliphatic carbocycles. The van der Waals surface area contributed by atoms with Crippen molar-refractivity contribution in [2.75, 3.05) is 19.8 Å². The molecular formula is C12H18N2O3. The van der Waals surface area contributed by atoms with Gasteiger partial charge in [0.05, 0.1) is 19.1 Å². The second-order valence-electron chi connectivity index (χ2n) is 3.40. The summed E-state index contributed by atoms with van der Waals surface area (Å²) in [5.74, 6) is -0.241. The minimum atomic E-state index is -0.460. The first-order chi connectivity index (χ1) is 8.22. The van der Waals surface area contributed by atoms with Gasteiger partial charge in [-0.15, -0.1) is 0 Å². The predicted molar refractivity (Wildman–Crippen MR) is 63.8 cm³/mol. The molecule has 0 radical (unpaired) electrons. The monoisotopic (exact) mass is 238 g/mol. The first-order valence-corrected chi connectivity index (χ1v) is 5.68. The van der Waals surface area contributed by atoms with Gasteiger partial charge in [-0.25, -0.2) is 4.98 Å². The number of nitrogens with zero attached hydrogens (tertiary/aromatic N) is 1. The number of carbonyl (C=O) groups is 1. The van der Waals surface area contributed by atoms with Crippen molar-refractivity contribution in [3.63, 3.8) is 0 Å². The molecule has 0 bridgehead atoms. The first-order valence-electron chi connectivity index (χ1n) is 5.68. The van der Waals surface area contributed by atoms with E-state index < -0.39 is 5.92 Å². The third kappa shape index (κ3) is 3.71. The van der Waals surface area contributed by atoms with Crippen LogP contribution >= 0.6 is 0 Å². The number of rotatable bonds is 6. The number of hydrogen-bond donors (Lipinski definition) is 1. The summed E-state index contributed by atoms with van der Waals surface area (Å²) in [7, 11) is 0. The molecule has 1 atom stereocenters. The molecule has 17 heavy (non-hydrogen) atoms. The maximum Gasteiger partial charge on any atom is 0.314 e. The fourth-order valence-electron chi connectivity index (χ4n) is 1.44. The van der Waals surface area contributed by atoms with E-state index >= 15 is 0 Å². The number of aromatic nitrogens is 1. The molecule has 0 fully saturated rings. The van der Waals surface area contributed by atoms with Gasteiger partial charge in [0.25, 0.3) is 0 Å². The highest BCUT2D eigenvalue weighted by atomic mass is 16.5. The molecule has 0 aliphatic rings. The van der Waals surface area contributed by atoms with Crippen LogP contribution < -0.4 is 10.5 Å². The summed E-state index contributed by atoms with van der Waals surface area (Å²) in [6.45, 7) is 4.76. The molecule has 2 N–H and O–H groups in total. The maximum atomic E-state index is 11.6. The van der Waals surface area contributed by atoms with Gasteiger partial charge in [0.15, 0.2) is 0 Å². The van der Waals surface area contributed by atoms with E-state index in [4.69, 9.17) is 15.2 Å². The molecule has 1 aromatic heterocycles. The molecular weight excluding hydrogens is 220 g/mol. The second-order valence-corrected chi connectivity index (χ2v) is 3.40. The minimum Gasteiger partial charge on any atom is -0.478 e. The lowest BCUT2D eigenvalue weighted by atomic mass is 10.0. The van der Waals surface area contributed by atoms with E-state index in [1.807, 2.05) is 6.92 Å². The predicted octanol–water partition coefficient (Wildman–Crippen LogP) is 1.09. The summed E-state index contributed by atoms with van der Waals surface area (Å²) in [6.07, 6.45) is 1.60. The highest BCUT2D eigenvalue weighted by Gasteiger charge is 2.20. The van der Waals surface area contributed by atoms with Crippen LogP contribution in [0, 0.1) is 0 Å². The van der Waals surface area contributed by atoms with E-state index in [-0.39, 0.29) is 12.5 Å². The highest BCUT2D eigenvalue weighted by molar-refractivity contribution is 5.78. The number of pyridine rings is 1. The fraction of sp³-hybridized carbons (Fsp3) is 0.500. The Morgan fingerprint density at radius 2 is 2.18 bits per heavy atom. The van der Waals surface area contributed by atoms with Gasteiger partial charge >= 0.3 is 5.97 Å². The van der Waals surface area contributed by atoms with Crippen LogP contribution in [0.25, 0.3) is 0 Å². The Labute approximate surface area is 101 Å². The van der Waals surface area contributed by atoms with Gasteiger partial charge in [-0.3, -0.25) is 4.79 Å². The standard InChI is InChI=1S/C12H18N2O3/c1-3-16-11-6-5-9(8-14-11)10(7-13)12(15)17-4-2/h5-6,8,10H,3-4,7,13H2,1-2H3/t10-/m1/s1. The number of carbonyl (C=O) groups excluding carboxylic acids is 1. The smallest absolute Gasteiger partial charge is 0.314 e. The molecule has 0 saturated heterocycles. The van der Waals surface area contributed by atoms with Gasteiger partial charge < -0.3 is 15.2 Å². The zero-order valence-electron chi connectivity index (χ0n) is 10.2. The summed E-state index contributed by atoms with van der Waals surface area (Å²) in [5, 5.41) is 0. The van der Waals surface area contributed by atoms with Crippen LogP contribution in [0.5, 0.6) is 5.88 Å². The second kappa shape index (κ2) is 6.85. The van der Waals surface area contributed by atoms with E-state index in [1.54, 1.807) is 25.3 Å². The summed E-state index contributed by atoms with van der Waals surface area (Å²) < 4.78 is 10.2. The van der Waals surface area contributed by atoms with Crippen LogP contribution in [0.15, 0.2) is 18.3 Å². The third-order valence-electron chi connectivity index (χ3n) is 2.26. The summed E-state index contributed by atoms with van der Waals surface area (Å²) >= 11 is 0. The zero-order chi connectivity index (χ0) is 12.7. The molecule has 5 nitrogen and oxygen atoms in total. The van der Waals surface area contributed by atoms with Crippen LogP contribution in [-0.2, 0) is 9.53 Å². The van der Waals surface area contributed by atoms with Crippen LogP contribution in [0.4, 0.5) is 0 Å². The van der Waals surface area contributed by atoms with E-state index in [0.717, 1.165) is 5.56 Å². The molecule has 94 valence electrons. The van der Waals surface area contributed by atoms with Crippen LogP contribution in [0.1, 0.15) is 25.3 Å². The third-order valence-corrected chi connectivity index (χ3v) is 2.26. The van der Waals surface area contributed by atoms with Crippen molar-refractivity contribution in [3.8, 4) is 5.88 Å². The molecule has 1 heterocycles. The van der Waals surface area contributed by atoms with Crippen molar-refractivity contribution in [2.45, 2.75) is 19.8 Å².